The van der Waals surface area contributed by atoms with Gasteiger partial charge in [0.1, 0.15) is 0 Å². The summed E-state index contributed by atoms with van der Waals surface area (Å²) in [5, 5.41) is 6.35. The minimum absolute atomic E-state index is 0. The zero-order valence-corrected chi connectivity index (χ0v) is 13.9. The van der Waals surface area contributed by atoms with Gasteiger partial charge in [-0.1, -0.05) is 0 Å². The van der Waals surface area contributed by atoms with Crippen molar-refractivity contribution in [3.05, 3.63) is 0 Å². The second kappa shape index (κ2) is 9.05. The van der Waals surface area contributed by atoms with E-state index in [-0.39, 0.29) is 42.3 Å². The molecule has 0 saturated carbocycles. The second-order valence-electron chi connectivity index (χ2n) is 5.60. The molecule has 1 amide bonds. The highest BCUT2D eigenvalue weighted by Crippen LogP contribution is 2.25. The number of carbonyl (C=O) groups excluding carboxylic acids is 1. The molecule has 7 heteroatoms. The van der Waals surface area contributed by atoms with Crippen LogP contribution in [-0.2, 0) is 9.53 Å². The van der Waals surface area contributed by atoms with Crippen LogP contribution in [0.4, 0.5) is 0 Å². The molecular formula is C13H27Cl2N3O2. The van der Waals surface area contributed by atoms with E-state index in [1.54, 1.807) is 0 Å². The number of likely N-dealkylation sites (N-methyl/N-ethyl adjacent to an activating group) is 1. The van der Waals surface area contributed by atoms with Crippen LogP contribution in [0.5, 0.6) is 0 Å². The fraction of sp³-hybridized carbons (Fsp3) is 0.923. The third kappa shape index (κ3) is 4.74. The number of rotatable bonds is 4. The van der Waals surface area contributed by atoms with E-state index < -0.39 is 0 Å². The van der Waals surface area contributed by atoms with Crippen LogP contribution >= 0.6 is 24.8 Å². The molecular weight excluding hydrogens is 301 g/mol. The molecule has 120 valence electrons. The maximum absolute atomic E-state index is 12.0. The van der Waals surface area contributed by atoms with E-state index in [0.29, 0.717) is 0 Å². The predicted octanol–water partition coefficient (Wildman–Crippen LogP) is 0.809. The van der Waals surface area contributed by atoms with Gasteiger partial charge in [-0.15, -0.1) is 24.8 Å². The number of hydrogen-bond acceptors (Lipinski definition) is 4. The van der Waals surface area contributed by atoms with E-state index in [1.165, 1.54) is 0 Å². The first-order valence-electron chi connectivity index (χ1n) is 6.90. The van der Waals surface area contributed by atoms with Gasteiger partial charge in [-0.2, -0.15) is 0 Å². The maximum atomic E-state index is 12.0. The highest BCUT2D eigenvalue weighted by molar-refractivity contribution is 5.85. The Labute approximate surface area is 134 Å². The summed E-state index contributed by atoms with van der Waals surface area (Å²) in [6.07, 6.45) is 4.03. The van der Waals surface area contributed by atoms with Gasteiger partial charge in [0.25, 0.3) is 0 Å². The van der Waals surface area contributed by atoms with Crippen molar-refractivity contribution >= 4 is 30.7 Å². The highest BCUT2D eigenvalue weighted by atomic mass is 35.5. The van der Waals surface area contributed by atoms with Crippen LogP contribution in [0.3, 0.4) is 0 Å². The van der Waals surface area contributed by atoms with Gasteiger partial charge >= 0.3 is 0 Å². The number of hydrogen-bond donors (Lipinski definition) is 2. The van der Waals surface area contributed by atoms with Gasteiger partial charge in [0.15, 0.2) is 0 Å². The molecule has 2 saturated heterocycles. The number of nitrogens with one attached hydrogen (secondary N) is 2. The lowest BCUT2D eigenvalue weighted by molar-refractivity contribution is -0.123. The fourth-order valence-electron chi connectivity index (χ4n) is 2.82. The first-order chi connectivity index (χ1) is 8.64. The van der Waals surface area contributed by atoms with Crippen molar-refractivity contribution in [1.82, 2.24) is 15.5 Å². The average Bonchev–Trinajstić information content (AvgIpc) is 2.91. The van der Waals surface area contributed by atoms with Crippen LogP contribution in [0, 0.1) is 0 Å². The Kier molecular flexibility index (Phi) is 9.02. The van der Waals surface area contributed by atoms with Gasteiger partial charge in [-0.3, -0.25) is 4.79 Å². The Bertz CT molecular complexity index is 291. The minimum Gasteiger partial charge on any atom is -0.381 e. The third-order valence-electron chi connectivity index (χ3n) is 4.34. The van der Waals surface area contributed by atoms with Gasteiger partial charge in [-0.05, 0) is 46.3 Å². The number of nitrogens with zero attached hydrogens (tertiary/aromatic N) is 1. The standard InChI is InChI=1S/C13H25N3O2.2ClH/c1-16(2)13(5-8-18-9-6-13)10-15-12(17)11-4-3-7-14-11;;/h11,14H,3-10H2,1-2H3,(H,15,17);2*1H/t11-;;/m0../s1. The molecule has 1 atom stereocenters. The monoisotopic (exact) mass is 327 g/mol. The molecule has 0 spiro atoms. The van der Waals surface area contributed by atoms with Crippen LogP contribution < -0.4 is 10.6 Å². The number of halogens is 2. The zero-order chi connectivity index (χ0) is 13.0. The quantitative estimate of drug-likeness (QED) is 0.802. The molecule has 0 bridgehead atoms. The second-order valence-corrected chi connectivity index (χ2v) is 5.60. The van der Waals surface area contributed by atoms with Crippen molar-refractivity contribution in [2.24, 2.45) is 0 Å². The van der Waals surface area contributed by atoms with Crippen LogP contribution in [-0.4, -0.2) is 62.8 Å². The first-order valence-corrected chi connectivity index (χ1v) is 6.90. The molecule has 0 unspecified atom stereocenters. The molecule has 2 rings (SSSR count). The summed E-state index contributed by atoms with van der Waals surface area (Å²) in [5.74, 6) is 0.153. The molecule has 0 radical (unpaired) electrons. The van der Waals surface area contributed by atoms with E-state index in [1.807, 2.05) is 0 Å². The van der Waals surface area contributed by atoms with E-state index in [9.17, 15) is 4.79 Å². The summed E-state index contributed by atoms with van der Waals surface area (Å²) in [7, 11) is 4.18. The molecule has 0 aromatic heterocycles. The van der Waals surface area contributed by atoms with Gasteiger partial charge < -0.3 is 20.3 Å². The Morgan fingerprint density at radius 2 is 2.00 bits per heavy atom. The number of ether oxygens (including phenoxy) is 1. The fourth-order valence-corrected chi connectivity index (χ4v) is 2.82. The summed E-state index contributed by atoms with van der Waals surface area (Å²) in [4.78, 5) is 14.3. The van der Waals surface area contributed by atoms with Crippen molar-refractivity contribution in [2.45, 2.75) is 37.3 Å². The topological polar surface area (TPSA) is 53.6 Å². The summed E-state index contributed by atoms with van der Waals surface area (Å²) in [6.45, 7) is 3.26. The Balaban J connectivity index is 0.00000180. The molecule has 0 aliphatic carbocycles. The van der Waals surface area contributed by atoms with Crippen molar-refractivity contribution in [3.63, 3.8) is 0 Å². The van der Waals surface area contributed by atoms with E-state index in [2.05, 4.69) is 29.6 Å². The molecule has 5 nitrogen and oxygen atoms in total. The smallest absolute Gasteiger partial charge is 0.237 e. The summed E-state index contributed by atoms with van der Waals surface area (Å²) in [6, 6.07) is 0.0176. The lowest BCUT2D eigenvalue weighted by Gasteiger charge is -2.43. The first kappa shape index (κ1) is 19.9. The summed E-state index contributed by atoms with van der Waals surface area (Å²) >= 11 is 0. The predicted molar refractivity (Wildman–Crippen MR) is 85.0 cm³/mol. The number of carbonyl (C=O) groups is 1. The van der Waals surface area contributed by atoms with Gasteiger partial charge in [-0.25, -0.2) is 0 Å². The molecule has 2 N–H and O–H groups in total. The van der Waals surface area contributed by atoms with Crippen LogP contribution in [0.25, 0.3) is 0 Å². The highest BCUT2D eigenvalue weighted by Gasteiger charge is 2.35. The normalized spacial score (nSPS) is 24.6. The maximum Gasteiger partial charge on any atom is 0.237 e. The van der Waals surface area contributed by atoms with Gasteiger partial charge in [0.2, 0.25) is 5.91 Å². The largest absolute Gasteiger partial charge is 0.381 e. The molecule has 2 aliphatic heterocycles. The molecule has 0 aromatic rings. The van der Waals surface area contributed by atoms with E-state index in [0.717, 1.165) is 52.0 Å². The molecule has 2 fully saturated rings. The van der Waals surface area contributed by atoms with Crippen LogP contribution in [0.15, 0.2) is 0 Å². The van der Waals surface area contributed by atoms with E-state index >= 15 is 0 Å². The van der Waals surface area contributed by atoms with Crippen molar-refractivity contribution in [1.29, 1.82) is 0 Å². The van der Waals surface area contributed by atoms with Crippen LogP contribution in [0.2, 0.25) is 0 Å². The van der Waals surface area contributed by atoms with Crippen LogP contribution in [0.1, 0.15) is 25.7 Å². The SMILES string of the molecule is CN(C)C1(CNC(=O)[C@@H]2CCCN2)CCOCC1.Cl.Cl. The lowest BCUT2D eigenvalue weighted by Crippen LogP contribution is -2.57. The van der Waals surface area contributed by atoms with Crippen molar-refractivity contribution < 1.29 is 9.53 Å². The minimum atomic E-state index is 0. The third-order valence-corrected chi connectivity index (χ3v) is 4.34. The molecule has 2 heterocycles. The van der Waals surface area contributed by atoms with Gasteiger partial charge in [0.05, 0.1) is 6.04 Å². The number of amides is 1. The zero-order valence-electron chi connectivity index (χ0n) is 12.3. The molecule has 20 heavy (non-hydrogen) atoms. The van der Waals surface area contributed by atoms with Gasteiger partial charge in [0, 0.05) is 25.3 Å². The Hall–Kier alpha value is -0.0700. The molecule has 0 aromatic carbocycles. The van der Waals surface area contributed by atoms with E-state index in [4.69, 9.17) is 4.74 Å². The summed E-state index contributed by atoms with van der Waals surface area (Å²) < 4.78 is 5.43. The van der Waals surface area contributed by atoms with Crippen molar-refractivity contribution in [2.75, 3.05) is 40.4 Å². The van der Waals surface area contributed by atoms with Crippen molar-refractivity contribution in [3.8, 4) is 0 Å². The Morgan fingerprint density at radius 1 is 1.35 bits per heavy atom. The lowest BCUT2D eigenvalue weighted by atomic mass is 9.88. The average molecular weight is 328 g/mol. The summed E-state index contributed by atoms with van der Waals surface area (Å²) in [5.41, 5.74) is 0.0620. The molecule has 2 aliphatic rings. The Morgan fingerprint density at radius 3 is 2.50 bits per heavy atom.